The van der Waals surface area contributed by atoms with Crippen LogP contribution in [-0.4, -0.2) is 54.7 Å². The van der Waals surface area contributed by atoms with Gasteiger partial charge in [-0.25, -0.2) is 0 Å². The van der Waals surface area contributed by atoms with Crippen molar-refractivity contribution >= 4 is 34.9 Å². The Morgan fingerprint density at radius 2 is 1.55 bits per heavy atom. The number of Topliss-reactive ketones (excluding diaryl/α,β-unsaturated/α-hetero) is 1. The van der Waals surface area contributed by atoms with Crippen molar-refractivity contribution in [3.63, 3.8) is 0 Å². The van der Waals surface area contributed by atoms with E-state index in [1.807, 2.05) is 38.1 Å². The van der Waals surface area contributed by atoms with E-state index in [0.29, 0.717) is 42.3 Å². The monoisotopic (exact) mass is 441 g/mol. The number of amides is 2. The zero-order valence-corrected chi connectivity index (χ0v) is 18.9. The van der Waals surface area contributed by atoms with E-state index in [2.05, 4.69) is 10.2 Å². The van der Waals surface area contributed by atoms with Crippen LogP contribution in [0.25, 0.3) is 0 Å². The molecule has 3 rings (SSSR count). The first-order chi connectivity index (χ1) is 14.8. The summed E-state index contributed by atoms with van der Waals surface area (Å²) in [6.07, 6.45) is 0. The van der Waals surface area contributed by atoms with Gasteiger partial charge >= 0.3 is 0 Å². The lowest BCUT2D eigenvalue weighted by Crippen LogP contribution is -2.56. The third kappa shape index (κ3) is 5.44. The number of benzene rings is 2. The first-order valence-corrected chi connectivity index (χ1v) is 10.9. The van der Waals surface area contributed by atoms with E-state index in [0.717, 1.165) is 5.69 Å². The Hall–Kier alpha value is -2.86. The van der Waals surface area contributed by atoms with Crippen LogP contribution in [0.1, 0.15) is 41.5 Å². The lowest BCUT2D eigenvalue weighted by molar-refractivity contribution is -0.134. The van der Waals surface area contributed by atoms with Gasteiger partial charge in [-0.1, -0.05) is 37.6 Å². The molecular weight excluding hydrogens is 414 g/mol. The smallest absolute Gasteiger partial charge is 0.253 e. The Balaban J connectivity index is 1.62. The summed E-state index contributed by atoms with van der Waals surface area (Å²) in [5, 5.41) is 3.23. The molecule has 7 heteroatoms. The summed E-state index contributed by atoms with van der Waals surface area (Å²) in [4.78, 5) is 41.3. The Labute approximate surface area is 188 Å². The quantitative estimate of drug-likeness (QED) is 0.695. The molecule has 31 heavy (non-hydrogen) atoms. The number of rotatable bonds is 6. The zero-order chi connectivity index (χ0) is 22.5. The number of halogens is 1. The van der Waals surface area contributed by atoms with Gasteiger partial charge < -0.3 is 15.1 Å². The highest BCUT2D eigenvalue weighted by atomic mass is 35.5. The molecule has 2 aromatic carbocycles. The number of anilines is 1. The molecule has 1 heterocycles. The van der Waals surface area contributed by atoms with Gasteiger partial charge in [0, 0.05) is 37.4 Å². The molecular formula is C24H28ClN3O3. The molecule has 1 aliphatic heterocycles. The second kappa shape index (κ2) is 9.96. The SMILES string of the molecule is CC(=O)c1ccc(N2CCN(C(=O)[C@@H](NC(=O)c3ccccc3Cl)C(C)C)CC2)cc1. The highest BCUT2D eigenvalue weighted by molar-refractivity contribution is 6.33. The molecule has 0 spiro atoms. The molecule has 0 bridgehead atoms. The molecule has 0 unspecified atom stereocenters. The average Bonchev–Trinajstić information content (AvgIpc) is 2.77. The van der Waals surface area contributed by atoms with E-state index < -0.39 is 6.04 Å². The second-order valence-corrected chi connectivity index (χ2v) is 8.50. The molecule has 2 amide bonds. The van der Waals surface area contributed by atoms with Gasteiger partial charge in [-0.15, -0.1) is 0 Å². The normalized spacial score (nSPS) is 15.0. The summed E-state index contributed by atoms with van der Waals surface area (Å²) in [6, 6.07) is 13.7. The van der Waals surface area contributed by atoms with Gasteiger partial charge in [0.1, 0.15) is 6.04 Å². The minimum atomic E-state index is -0.620. The van der Waals surface area contributed by atoms with Crippen LogP contribution in [-0.2, 0) is 4.79 Å². The molecule has 0 aromatic heterocycles. The molecule has 1 saturated heterocycles. The minimum Gasteiger partial charge on any atom is -0.368 e. The lowest BCUT2D eigenvalue weighted by atomic mass is 10.0. The molecule has 1 fully saturated rings. The van der Waals surface area contributed by atoms with Gasteiger partial charge in [-0.2, -0.15) is 0 Å². The number of carbonyl (C=O) groups excluding carboxylic acids is 3. The fraction of sp³-hybridized carbons (Fsp3) is 0.375. The van der Waals surface area contributed by atoms with Crippen molar-refractivity contribution in [3.8, 4) is 0 Å². The molecule has 1 N–H and O–H groups in total. The number of nitrogens with one attached hydrogen (secondary N) is 1. The Morgan fingerprint density at radius 3 is 2.10 bits per heavy atom. The van der Waals surface area contributed by atoms with Gasteiger partial charge in [-0.05, 0) is 49.2 Å². The molecule has 0 aliphatic carbocycles. The standard InChI is InChI=1S/C24H28ClN3O3/c1-16(2)22(26-23(30)20-6-4-5-7-21(20)25)24(31)28-14-12-27(13-15-28)19-10-8-18(9-11-19)17(3)29/h4-11,16,22H,12-15H2,1-3H3,(H,26,30)/t22-/m0/s1. The maximum Gasteiger partial charge on any atom is 0.253 e. The van der Waals surface area contributed by atoms with E-state index in [4.69, 9.17) is 11.6 Å². The van der Waals surface area contributed by atoms with Crippen molar-refractivity contribution in [3.05, 3.63) is 64.7 Å². The van der Waals surface area contributed by atoms with Crippen LogP contribution in [0.4, 0.5) is 5.69 Å². The van der Waals surface area contributed by atoms with Crippen molar-refractivity contribution in [1.82, 2.24) is 10.2 Å². The number of piperazine rings is 1. The summed E-state index contributed by atoms with van der Waals surface area (Å²) in [5.74, 6) is -0.444. The van der Waals surface area contributed by atoms with Gasteiger partial charge in [0.25, 0.3) is 5.91 Å². The number of hydrogen-bond donors (Lipinski definition) is 1. The van der Waals surface area contributed by atoms with Gasteiger partial charge in [0.2, 0.25) is 5.91 Å². The van der Waals surface area contributed by atoms with Crippen LogP contribution >= 0.6 is 11.6 Å². The number of ketones is 1. The Morgan fingerprint density at radius 1 is 0.935 bits per heavy atom. The molecule has 164 valence electrons. The zero-order valence-electron chi connectivity index (χ0n) is 18.1. The minimum absolute atomic E-state index is 0.0422. The Bertz CT molecular complexity index is 951. The fourth-order valence-electron chi connectivity index (χ4n) is 3.67. The van der Waals surface area contributed by atoms with Gasteiger partial charge in [0.15, 0.2) is 5.78 Å². The average molecular weight is 442 g/mol. The first kappa shape index (κ1) is 22.8. The van der Waals surface area contributed by atoms with Crippen molar-refractivity contribution in [2.24, 2.45) is 5.92 Å². The fourth-order valence-corrected chi connectivity index (χ4v) is 3.89. The summed E-state index contributed by atoms with van der Waals surface area (Å²) in [6.45, 7) is 7.90. The molecule has 0 radical (unpaired) electrons. The van der Waals surface area contributed by atoms with Crippen LogP contribution in [0.3, 0.4) is 0 Å². The maximum atomic E-state index is 13.2. The molecule has 2 aromatic rings. The van der Waals surface area contributed by atoms with E-state index >= 15 is 0 Å². The molecule has 1 atom stereocenters. The van der Waals surface area contributed by atoms with Crippen molar-refractivity contribution in [2.45, 2.75) is 26.8 Å². The van der Waals surface area contributed by atoms with Crippen LogP contribution in [0.2, 0.25) is 5.02 Å². The number of carbonyl (C=O) groups is 3. The third-order valence-corrected chi connectivity index (χ3v) is 5.90. The van der Waals surface area contributed by atoms with Crippen molar-refractivity contribution < 1.29 is 14.4 Å². The number of hydrogen-bond acceptors (Lipinski definition) is 4. The largest absolute Gasteiger partial charge is 0.368 e. The van der Waals surface area contributed by atoms with Crippen LogP contribution in [0.15, 0.2) is 48.5 Å². The first-order valence-electron chi connectivity index (χ1n) is 10.5. The predicted octanol–water partition coefficient (Wildman–Crippen LogP) is 3.65. The number of nitrogens with zero attached hydrogens (tertiary/aromatic N) is 2. The topological polar surface area (TPSA) is 69.7 Å². The third-order valence-electron chi connectivity index (χ3n) is 5.57. The van der Waals surface area contributed by atoms with Crippen LogP contribution < -0.4 is 10.2 Å². The summed E-state index contributed by atoms with van der Waals surface area (Å²) >= 11 is 6.13. The lowest BCUT2D eigenvalue weighted by Gasteiger charge is -2.38. The van der Waals surface area contributed by atoms with E-state index in [9.17, 15) is 14.4 Å². The summed E-state index contributed by atoms with van der Waals surface area (Å²) in [7, 11) is 0. The molecule has 6 nitrogen and oxygen atoms in total. The highest BCUT2D eigenvalue weighted by Crippen LogP contribution is 2.20. The van der Waals surface area contributed by atoms with Crippen LogP contribution in [0.5, 0.6) is 0 Å². The van der Waals surface area contributed by atoms with Crippen molar-refractivity contribution in [2.75, 3.05) is 31.1 Å². The van der Waals surface area contributed by atoms with Gasteiger partial charge in [0.05, 0.1) is 10.6 Å². The van der Waals surface area contributed by atoms with Gasteiger partial charge in [-0.3, -0.25) is 14.4 Å². The second-order valence-electron chi connectivity index (χ2n) is 8.09. The van der Waals surface area contributed by atoms with E-state index in [1.165, 1.54) is 0 Å². The maximum absolute atomic E-state index is 13.2. The van der Waals surface area contributed by atoms with E-state index in [-0.39, 0.29) is 23.5 Å². The van der Waals surface area contributed by atoms with Crippen molar-refractivity contribution in [1.29, 1.82) is 0 Å². The summed E-state index contributed by atoms with van der Waals surface area (Å²) in [5.41, 5.74) is 2.08. The highest BCUT2D eigenvalue weighted by Gasteiger charge is 2.31. The Kier molecular flexibility index (Phi) is 7.33. The predicted molar refractivity (Wildman–Crippen MR) is 123 cm³/mol. The molecule has 0 saturated carbocycles. The van der Waals surface area contributed by atoms with E-state index in [1.54, 1.807) is 36.1 Å². The van der Waals surface area contributed by atoms with Crippen LogP contribution in [0, 0.1) is 5.92 Å². The summed E-state index contributed by atoms with van der Waals surface area (Å²) < 4.78 is 0. The molecule has 1 aliphatic rings.